The van der Waals surface area contributed by atoms with Crippen LogP contribution in [0.4, 0.5) is 13.2 Å². The summed E-state index contributed by atoms with van der Waals surface area (Å²) in [6.07, 6.45) is -1.16. The molecule has 2 nitrogen and oxygen atoms in total. The Morgan fingerprint density at radius 1 is 1.19 bits per heavy atom. The summed E-state index contributed by atoms with van der Waals surface area (Å²) >= 11 is 0. The summed E-state index contributed by atoms with van der Waals surface area (Å²) in [4.78, 5) is 0. The number of hydrogen-bond donors (Lipinski definition) is 1. The molecule has 3 rings (SSSR count). The van der Waals surface area contributed by atoms with Crippen molar-refractivity contribution in [2.75, 3.05) is 0 Å². The standard InChI is InChI=1S/C16H22F3NO/c1-10-8-14(10)15-7-6-13(21-15)9-20-12-4-2-11(3-5-12)16(17,18)19/h6-7,10-12,14,20H,2-5,8-9H2,1H3. The molecule has 0 bridgehead atoms. The summed E-state index contributed by atoms with van der Waals surface area (Å²) in [7, 11) is 0. The third-order valence-corrected chi connectivity index (χ3v) is 4.91. The van der Waals surface area contributed by atoms with Crippen molar-refractivity contribution in [3.05, 3.63) is 23.7 Å². The number of alkyl halides is 3. The number of hydrogen-bond acceptors (Lipinski definition) is 2. The minimum Gasteiger partial charge on any atom is -0.464 e. The molecule has 1 aromatic heterocycles. The second kappa shape index (κ2) is 5.67. The normalized spacial score (nSPS) is 33.1. The zero-order valence-electron chi connectivity index (χ0n) is 12.2. The summed E-state index contributed by atoms with van der Waals surface area (Å²) in [5.74, 6) is 2.12. The van der Waals surface area contributed by atoms with Gasteiger partial charge in [-0.3, -0.25) is 0 Å². The molecule has 5 heteroatoms. The molecule has 118 valence electrons. The van der Waals surface area contributed by atoms with E-state index in [9.17, 15) is 13.2 Å². The van der Waals surface area contributed by atoms with Crippen molar-refractivity contribution in [2.24, 2.45) is 11.8 Å². The van der Waals surface area contributed by atoms with Gasteiger partial charge in [-0.05, 0) is 50.2 Å². The smallest absolute Gasteiger partial charge is 0.391 e. The van der Waals surface area contributed by atoms with E-state index in [-0.39, 0.29) is 18.9 Å². The van der Waals surface area contributed by atoms with E-state index in [0.29, 0.717) is 25.3 Å². The molecule has 1 aromatic rings. The topological polar surface area (TPSA) is 25.2 Å². The van der Waals surface area contributed by atoms with Gasteiger partial charge in [0.25, 0.3) is 0 Å². The third-order valence-electron chi connectivity index (χ3n) is 4.91. The van der Waals surface area contributed by atoms with Crippen LogP contribution in [0, 0.1) is 11.8 Å². The molecule has 2 aliphatic rings. The van der Waals surface area contributed by atoms with Crippen LogP contribution in [0.2, 0.25) is 0 Å². The number of rotatable bonds is 4. The van der Waals surface area contributed by atoms with Crippen molar-refractivity contribution in [1.29, 1.82) is 0 Å². The molecule has 2 aliphatic carbocycles. The fraction of sp³-hybridized carbons (Fsp3) is 0.750. The number of nitrogens with one attached hydrogen (secondary N) is 1. The SMILES string of the molecule is CC1CC1c1ccc(CNC2CCC(C(F)(F)F)CC2)o1. The fourth-order valence-electron chi connectivity index (χ4n) is 3.28. The van der Waals surface area contributed by atoms with Gasteiger partial charge in [-0.25, -0.2) is 0 Å². The lowest BCUT2D eigenvalue weighted by Gasteiger charge is -2.30. The lowest BCUT2D eigenvalue weighted by molar-refractivity contribution is -0.182. The van der Waals surface area contributed by atoms with Crippen LogP contribution >= 0.6 is 0 Å². The Labute approximate surface area is 123 Å². The van der Waals surface area contributed by atoms with Crippen molar-refractivity contribution < 1.29 is 17.6 Å². The van der Waals surface area contributed by atoms with E-state index >= 15 is 0 Å². The van der Waals surface area contributed by atoms with E-state index in [4.69, 9.17) is 4.42 Å². The van der Waals surface area contributed by atoms with Gasteiger partial charge in [0.05, 0.1) is 12.5 Å². The highest BCUT2D eigenvalue weighted by atomic mass is 19.4. The first-order valence-corrected chi connectivity index (χ1v) is 7.82. The Morgan fingerprint density at radius 3 is 2.43 bits per heavy atom. The largest absolute Gasteiger partial charge is 0.464 e. The maximum atomic E-state index is 12.6. The zero-order valence-corrected chi connectivity index (χ0v) is 12.2. The maximum Gasteiger partial charge on any atom is 0.391 e. The Balaban J connectivity index is 1.43. The molecule has 0 saturated heterocycles. The predicted molar refractivity (Wildman–Crippen MR) is 73.9 cm³/mol. The summed E-state index contributed by atoms with van der Waals surface area (Å²) in [6, 6.07) is 4.19. The van der Waals surface area contributed by atoms with Gasteiger partial charge in [0.2, 0.25) is 0 Å². The number of halogens is 3. The Bertz CT molecular complexity index is 474. The highest BCUT2D eigenvalue weighted by Gasteiger charge is 2.41. The van der Waals surface area contributed by atoms with Gasteiger partial charge in [-0.1, -0.05) is 6.92 Å². The molecule has 1 N–H and O–H groups in total. The van der Waals surface area contributed by atoms with Gasteiger partial charge < -0.3 is 9.73 Å². The van der Waals surface area contributed by atoms with Crippen molar-refractivity contribution in [2.45, 2.75) is 63.7 Å². The van der Waals surface area contributed by atoms with Crippen LogP contribution in [-0.4, -0.2) is 12.2 Å². The molecule has 2 saturated carbocycles. The molecule has 0 amide bonds. The second-order valence-electron chi connectivity index (χ2n) is 6.59. The molecule has 2 atom stereocenters. The van der Waals surface area contributed by atoms with Crippen LogP contribution in [0.25, 0.3) is 0 Å². The highest BCUT2D eigenvalue weighted by Crippen LogP contribution is 2.47. The van der Waals surface area contributed by atoms with Gasteiger partial charge in [-0.15, -0.1) is 0 Å². The molecule has 1 heterocycles. The Kier molecular flexibility index (Phi) is 4.04. The first kappa shape index (κ1) is 14.9. The fourth-order valence-corrected chi connectivity index (χ4v) is 3.28. The minimum absolute atomic E-state index is 0.178. The Hall–Kier alpha value is -0.970. The van der Waals surface area contributed by atoms with E-state index in [1.807, 2.05) is 12.1 Å². The van der Waals surface area contributed by atoms with Crippen molar-refractivity contribution in [3.8, 4) is 0 Å². The van der Waals surface area contributed by atoms with E-state index in [0.717, 1.165) is 17.4 Å². The summed E-state index contributed by atoms with van der Waals surface area (Å²) in [5, 5.41) is 3.33. The first-order chi connectivity index (χ1) is 9.93. The predicted octanol–water partition coefficient (Wildman–Crippen LogP) is 4.61. The first-order valence-electron chi connectivity index (χ1n) is 7.82. The summed E-state index contributed by atoms with van der Waals surface area (Å²) in [6.45, 7) is 2.83. The van der Waals surface area contributed by atoms with E-state index in [1.165, 1.54) is 6.42 Å². The van der Waals surface area contributed by atoms with Crippen LogP contribution in [0.3, 0.4) is 0 Å². The van der Waals surface area contributed by atoms with Crippen LogP contribution in [0.1, 0.15) is 56.5 Å². The van der Waals surface area contributed by atoms with Crippen molar-refractivity contribution in [1.82, 2.24) is 5.32 Å². The average Bonchev–Trinajstić information content (AvgIpc) is 2.99. The van der Waals surface area contributed by atoms with Gasteiger partial charge in [0, 0.05) is 12.0 Å². The van der Waals surface area contributed by atoms with Gasteiger partial charge in [0.1, 0.15) is 11.5 Å². The average molecular weight is 301 g/mol. The Morgan fingerprint density at radius 2 is 1.86 bits per heavy atom. The quantitative estimate of drug-likeness (QED) is 0.878. The summed E-state index contributed by atoms with van der Waals surface area (Å²) in [5.41, 5.74) is 0. The van der Waals surface area contributed by atoms with E-state index in [2.05, 4.69) is 12.2 Å². The van der Waals surface area contributed by atoms with Gasteiger partial charge >= 0.3 is 6.18 Å². The van der Waals surface area contributed by atoms with Crippen LogP contribution < -0.4 is 5.32 Å². The van der Waals surface area contributed by atoms with Crippen LogP contribution in [-0.2, 0) is 6.54 Å². The molecule has 0 radical (unpaired) electrons. The molecule has 0 spiro atoms. The molecule has 0 aliphatic heterocycles. The molecule has 0 aromatic carbocycles. The van der Waals surface area contributed by atoms with Crippen molar-refractivity contribution >= 4 is 0 Å². The van der Waals surface area contributed by atoms with Gasteiger partial charge in [0.15, 0.2) is 0 Å². The third kappa shape index (κ3) is 3.62. The van der Waals surface area contributed by atoms with E-state index < -0.39 is 12.1 Å². The summed E-state index contributed by atoms with van der Waals surface area (Å²) < 4.78 is 43.6. The van der Waals surface area contributed by atoms with E-state index in [1.54, 1.807) is 0 Å². The number of furan rings is 1. The lowest BCUT2D eigenvalue weighted by atomic mass is 9.85. The van der Waals surface area contributed by atoms with Crippen molar-refractivity contribution in [3.63, 3.8) is 0 Å². The second-order valence-corrected chi connectivity index (χ2v) is 6.59. The molecule has 2 fully saturated rings. The molecular weight excluding hydrogens is 279 g/mol. The molecule has 2 unspecified atom stereocenters. The molecular formula is C16H22F3NO. The van der Waals surface area contributed by atoms with Crippen LogP contribution in [0.5, 0.6) is 0 Å². The van der Waals surface area contributed by atoms with Gasteiger partial charge in [-0.2, -0.15) is 13.2 Å². The maximum absolute atomic E-state index is 12.6. The minimum atomic E-state index is -4.03. The monoisotopic (exact) mass is 301 g/mol. The zero-order chi connectivity index (χ0) is 15.0. The lowest BCUT2D eigenvalue weighted by Crippen LogP contribution is -2.36. The molecule has 21 heavy (non-hydrogen) atoms. The highest BCUT2D eigenvalue weighted by molar-refractivity contribution is 5.17. The van der Waals surface area contributed by atoms with Crippen LogP contribution in [0.15, 0.2) is 16.5 Å².